The molecule has 0 aliphatic rings. The van der Waals surface area contributed by atoms with Crippen LogP contribution in [-0.2, 0) is 9.59 Å². The van der Waals surface area contributed by atoms with Crippen molar-refractivity contribution < 1.29 is 9.59 Å². The molecule has 0 unspecified atom stereocenters. The van der Waals surface area contributed by atoms with Gasteiger partial charge in [-0.3, -0.25) is 9.59 Å². The summed E-state index contributed by atoms with van der Waals surface area (Å²) in [5, 5.41) is 2.32. The van der Waals surface area contributed by atoms with Crippen LogP contribution in [0.15, 0.2) is 0 Å². The Labute approximate surface area is 48.1 Å². The Bertz CT molecular complexity index is 90.4. The lowest BCUT2D eigenvalue weighted by Gasteiger charge is -1.91. The highest BCUT2D eigenvalue weighted by Gasteiger charge is 1.93. The zero-order chi connectivity index (χ0) is 6.41. The highest BCUT2D eigenvalue weighted by Crippen LogP contribution is 1.66. The number of carbonyl (C=O) groups excluding carboxylic acids is 2. The first-order chi connectivity index (χ1) is 3.81. The Morgan fingerprint density at radius 1 is 1.75 bits per heavy atom. The van der Waals surface area contributed by atoms with Crippen LogP contribution in [0, 0.1) is 0 Å². The largest absolute Gasteiger partial charge is 0.349 e. The lowest BCUT2D eigenvalue weighted by Crippen LogP contribution is -2.24. The molecule has 0 bridgehead atoms. The van der Waals surface area contributed by atoms with E-state index >= 15 is 0 Å². The van der Waals surface area contributed by atoms with Crippen LogP contribution in [0.2, 0.25) is 0 Å². The first kappa shape index (κ1) is 7.14. The molecule has 0 fully saturated rings. The maximum absolute atomic E-state index is 10.0. The summed E-state index contributed by atoms with van der Waals surface area (Å²) in [5.41, 5.74) is 0. The van der Waals surface area contributed by atoms with Gasteiger partial charge in [0.1, 0.15) is 0 Å². The number of amides is 1. The standard InChI is InChI=1S/C5H8NO2/c1-2-3-6-5(8)4-7/h2-3H2,1H3,(H,6,8). The van der Waals surface area contributed by atoms with Crippen molar-refractivity contribution in [2.24, 2.45) is 0 Å². The Morgan fingerprint density at radius 3 is 2.75 bits per heavy atom. The van der Waals surface area contributed by atoms with E-state index in [1.807, 2.05) is 6.92 Å². The van der Waals surface area contributed by atoms with E-state index in [0.717, 1.165) is 6.42 Å². The number of rotatable bonds is 3. The maximum Gasteiger partial charge on any atom is 0.296 e. The Balaban J connectivity index is 3.11. The van der Waals surface area contributed by atoms with Crippen LogP contribution in [0.3, 0.4) is 0 Å². The van der Waals surface area contributed by atoms with Gasteiger partial charge in [-0.05, 0) is 6.42 Å². The molecule has 0 aromatic carbocycles. The predicted octanol–water partition coefficient (Wildman–Crippen LogP) is -0.378. The summed E-state index contributed by atoms with van der Waals surface area (Å²) in [5.74, 6) is -0.660. The molecule has 0 aliphatic heterocycles. The molecule has 0 saturated carbocycles. The molecule has 0 atom stereocenters. The summed E-state index contributed by atoms with van der Waals surface area (Å²) >= 11 is 0. The van der Waals surface area contributed by atoms with E-state index in [9.17, 15) is 9.59 Å². The Kier molecular flexibility index (Phi) is 3.84. The van der Waals surface area contributed by atoms with E-state index < -0.39 is 5.91 Å². The summed E-state index contributed by atoms with van der Waals surface area (Å²) in [6.07, 6.45) is 2.04. The molecular formula is C5H8NO2. The second-order valence-electron chi connectivity index (χ2n) is 1.36. The SMILES string of the molecule is CCCNC(=O)[C]=O. The molecule has 1 N–H and O–H groups in total. The third-order valence-electron chi connectivity index (χ3n) is 0.628. The molecule has 0 aliphatic carbocycles. The van der Waals surface area contributed by atoms with Crippen molar-refractivity contribution in [3.05, 3.63) is 0 Å². The van der Waals surface area contributed by atoms with Gasteiger partial charge < -0.3 is 5.32 Å². The zero-order valence-corrected chi connectivity index (χ0v) is 4.73. The second kappa shape index (κ2) is 4.30. The minimum absolute atomic E-state index is 0.550. The number of hydrogen-bond donors (Lipinski definition) is 1. The normalized spacial score (nSPS) is 8.12. The highest BCUT2D eigenvalue weighted by atomic mass is 16.2. The maximum atomic E-state index is 10.0. The van der Waals surface area contributed by atoms with Gasteiger partial charge in [-0.25, -0.2) is 0 Å². The molecule has 0 saturated heterocycles. The van der Waals surface area contributed by atoms with Gasteiger partial charge in [-0.2, -0.15) is 0 Å². The van der Waals surface area contributed by atoms with E-state index in [2.05, 4.69) is 5.32 Å². The third kappa shape index (κ3) is 3.33. The summed E-state index contributed by atoms with van der Waals surface area (Å²) < 4.78 is 0. The van der Waals surface area contributed by atoms with Crippen molar-refractivity contribution >= 4 is 12.2 Å². The average molecular weight is 114 g/mol. The molecule has 1 radical (unpaired) electrons. The van der Waals surface area contributed by atoms with Crippen LogP contribution in [0.4, 0.5) is 0 Å². The molecule has 45 valence electrons. The van der Waals surface area contributed by atoms with Gasteiger partial charge in [-0.1, -0.05) is 6.92 Å². The fourth-order valence-corrected chi connectivity index (χ4v) is 0.275. The van der Waals surface area contributed by atoms with Gasteiger partial charge in [0.15, 0.2) is 0 Å². The highest BCUT2D eigenvalue weighted by molar-refractivity contribution is 6.23. The minimum Gasteiger partial charge on any atom is -0.349 e. The number of nitrogens with one attached hydrogen (secondary N) is 1. The summed E-state index contributed by atoms with van der Waals surface area (Å²) in [7, 11) is 0. The van der Waals surface area contributed by atoms with Gasteiger partial charge in [0, 0.05) is 6.54 Å². The smallest absolute Gasteiger partial charge is 0.296 e. The van der Waals surface area contributed by atoms with Gasteiger partial charge in [0.25, 0.3) is 12.2 Å². The third-order valence-corrected chi connectivity index (χ3v) is 0.628. The van der Waals surface area contributed by atoms with Gasteiger partial charge in [-0.15, -0.1) is 0 Å². The topological polar surface area (TPSA) is 46.2 Å². The molecule has 0 heterocycles. The van der Waals surface area contributed by atoms with Crippen LogP contribution in [0.1, 0.15) is 13.3 Å². The molecular weight excluding hydrogens is 106 g/mol. The van der Waals surface area contributed by atoms with Crippen molar-refractivity contribution in [2.75, 3.05) is 6.54 Å². The Morgan fingerprint density at radius 2 is 2.38 bits per heavy atom. The van der Waals surface area contributed by atoms with E-state index in [0.29, 0.717) is 6.54 Å². The van der Waals surface area contributed by atoms with Crippen LogP contribution in [-0.4, -0.2) is 18.7 Å². The monoisotopic (exact) mass is 114 g/mol. The number of carbonyl (C=O) groups is 1. The second-order valence-corrected chi connectivity index (χ2v) is 1.36. The fraction of sp³-hybridized carbons (Fsp3) is 0.600. The van der Waals surface area contributed by atoms with Gasteiger partial charge in [0.2, 0.25) is 0 Å². The molecule has 0 spiro atoms. The van der Waals surface area contributed by atoms with Crippen molar-refractivity contribution in [1.82, 2.24) is 5.32 Å². The van der Waals surface area contributed by atoms with Crippen LogP contribution < -0.4 is 5.32 Å². The summed E-state index contributed by atoms with van der Waals surface area (Å²) in [6, 6.07) is 0. The van der Waals surface area contributed by atoms with Crippen molar-refractivity contribution in [2.45, 2.75) is 13.3 Å². The molecule has 1 amide bonds. The van der Waals surface area contributed by atoms with E-state index in [4.69, 9.17) is 0 Å². The first-order valence-corrected chi connectivity index (χ1v) is 2.47. The summed E-state index contributed by atoms with van der Waals surface area (Å²) in [6.45, 7) is 2.46. The van der Waals surface area contributed by atoms with Crippen molar-refractivity contribution in [1.29, 1.82) is 0 Å². The van der Waals surface area contributed by atoms with Gasteiger partial charge >= 0.3 is 0 Å². The lowest BCUT2D eigenvalue weighted by atomic mass is 10.5. The Hall–Kier alpha value is -0.860. The fourth-order valence-electron chi connectivity index (χ4n) is 0.275. The number of hydrogen-bond acceptors (Lipinski definition) is 2. The molecule has 0 aromatic heterocycles. The minimum atomic E-state index is -0.660. The molecule has 3 heteroatoms. The zero-order valence-electron chi connectivity index (χ0n) is 4.73. The lowest BCUT2D eigenvalue weighted by molar-refractivity contribution is -0.114. The summed E-state index contributed by atoms with van der Waals surface area (Å²) in [4.78, 5) is 19.5. The first-order valence-electron chi connectivity index (χ1n) is 2.47. The van der Waals surface area contributed by atoms with Crippen molar-refractivity contribution in [3.8, 4) is 0 Å². The van der Waals surface area contributed by atoms with Crippen LogP contribution in [0.25, 0.3) is 0 Å². The van der Waals surface area contributed by atoms with E-state index in [1.54, 1.807) is 0 Å². The van der Waals surface area contributed by atoms with Gasteiger partial charge in [0.05, 0.1) is 0 Å². The van der Waals surface area contributed by atoms with E-state index in [-0.39, 0.29) is 0 Å². The molecule has 8 heavy (non-hydrogen) atoms. The molecule has 3 nitrogen and oxygen atoms in total. The van der Waals surface area contributed by atoms with Crippen molar-refractivity contribution in [3.63, 3.8) is 0 Å². The quantitative estimate of drug-likeness (QED) is 0.508. The average Bonchev–Trinajstić information content (AvgIpc) is 1.83. The van der Waals surface area contributed by atoms with E-state index in [1.165, 1.54) is 6.29 Å². The molecule has 0 rings (SSSR count). The molecule has 0 aromatic rings. The predicted molar refractivity (Wildman–Crippen MR) is 29.0 cm³/mol. The van der Waals surface area contributed by atoms with Crippen LogP contribution in [0.5, 0.6) is 0 Å². The van der Waals surface area contributed by atoms with Crippen LogP contribution >= 0.6 is 0 Å².